The van der Waals surface area contributed by atoms with E-state index in [2.05, 4.69) is 15.4 Å². The van der Waals surface area contributed by atoms with Gasteiger partial charge in [-0.05, 0) is 51.8 Å². The van der Waals surface area contributed by atoms with Gasteiger partial charge in [0.15, 0.2) is 15.5 Å². The van der Waals surface area contributed by atoms with Crippen LogP contribution >= 0.6 is 0 Å². The Morgan fingerprint density at radius 1 is 1.32 bits per heavy atom. The van der Waals surface area contributed by atoms with Crippen LogP contribution in [0.3, 0.4) is 0 Å². The van der Waals surface area contributed by atoms with Gasteiger partial charge in [0.2, 0.25) is 0 Å². The predicted octanol–water partition coefficient (Wildman–Crippen LogP) is 3.45. The van der Waals surface area contributed by atoms with Crippen molar-refractivity contribution in [2.75, 3.05) is 24.7 Å². The van der Waals surface area contributed by atoms with Crippen LogP contribution in [0, 0.1) is 12.7 Å². The van der Waals surface area contributed by atoms with Gasteiger partial charge in [-0.25, -0.2) is 22.5 Å². The number of pyridine rings is 1. The second kappa shape index (κ2) is 9.79. The largest absolute Gasteiger partial charge is 0.379 e. The van der Waals surface area contributed by atoms with E-state index in [4.69, 9.17) is 4.74 Å². The van der Waals surface area contributed by atoms with Crippen molar-refractivity contribution in [3.8, 4) is 11.3 Å². The third-order valence-electron chi connectivity index (χ3n) is 5.84. The zero-order valence-corrected chi connectivity index (χ0v) is 20.4. The number of aryl methyl sites for hydroxylation is 1. The zero-order chi connectivity index (χ0) is 24.5. The second-order valence-corrected chi connectivity index (χ2v) is 11.1. The number of carbonyl (C=O) groups excluding carboxylic acids is 1. The van der Waals surface area contributed by atoms with Crippen LogP contribution in [-0.4, -0.2) is 59.9 Å². The normalized spacial score (nSPS) is 17.5. The summed E-state index contributed by atoms with van der Waals surface area (Å²) in [5.41, 5.74) is 1.83. The van der Waals surface area contributed by atoms with E-state index in [0.29, 0.717) is 54.0 Å². The van der Waals surface area contributed by atoms with Crippen molar-refractivity contribution in [3.63, 3.8) is 0 Å². The topological polar surface area (TPSA) is 103 Å². The Labute approximate surface area is 198 Å². The van der Waals surface area contributed by atoms with Crippen molar-refractivity contribution in [2.45, 2.75) is 45.8 Å². The second-order valence-electron chi connectivity index (χ2n) is 8.85. The van der Waals surface area contributed by atoms with E-state index in [1.54, 1.807) is 35.9 Å². The minimum atomic E-state index is -3.16. The number of carbonyl (C=O) groups is 1. The lowest BCUT2D eigenvalue weighted by molar-refractivity contribution is 0.0757. The number of halogens is 1. The molecule has 1 N–H and O–H groups in total. The predicted molar refractivity (Wildman–Crippen MR) is 128 cm³/mol. The van der Waals surface area contributed by atoms with Gasteiger partial charge >= 0.3 is 0 Å². The summed E-state index contributed by atoms with van der Waals surface area (Å²) in [6.07, 6.45) is 1.18. The molecular weight excluding hydrogens is 459 g/mol. The van der Waals surface area contributed by atoms with Gasteiger partial charge in [0.25, 0.3) is 5.91 Å². The number of rotatable bonds is 8. The van der Waals surface area contributed by atoms with Crippen molar-refractivity contribution < 1.29 is 22.3 Å². The van der Waals surface area contributed by atoms with Crippen LogP contribution in [0.4, 0.5) is 4.39 Å². The first-order valence-electron chi connectivity index (χ1n) is 11.4. The summed E-state index contributed by atoms with van der Waals surface area (Å²) in [4.78, 5) is 17.9. The molecule has 10 heteroatoms. The number of sulfone groups is 1. The molecule has 0 bridgehead atoms. The molecule has 34 heavy (non-hydrogen) atoms. The van der Waals surface area contributed by atoms with Crippen LogP contribution in [-0.2, 0) is 14.6 Å². The summed E-state index contributed by atoms with van der Waals surface area (Å²) in [5.74, 6) is -0.739. The van der Waals surface area contributed by atoms with Crippen LogP contribution in [0.25, 0.3) is 22.3 Å². The molecular formula is C24H29FN4O4S. The number of hydrogen-bond acceptors (Lipinski definition) is 6. The first-order valence-corrected chi connectivity index (χ1v) is 13.2. The Kier molecular flexibility index (Phi) is 6.99. The molecule has 0 aliphatic carbocycles. The number of nitrogens with zero attached hydrogens (tertiary/aromatic N) is 3. The Morgan fingerprint density at radius 3 is 2.76 bits per heavy atom. The third kappa shape index (κ3) is 5.12. The quantitative estimate of drug-likeness (QED) is 0.487. The molecule has 8 nitrogen and oxygen atoms in total. The van der Waals surface area contributed by atoms with Gasteiger partial charge in [-0.15, -0.1) is 0 Å². The number of nitrogens with one attached hydrogen (secondary N) is 1. The van der Waals surface area contributed by atoms with Crippen LogP contribution in [0.2, 0.25) is 0 Å². The molecule has 1 amide bonds. The van der Waals surface area contributed by atoms with E-state index in [0.717, 1.165) is 0 Å². The van der Waals surface area contributed by atoms with Gasteiger partial charge < -0.3 is 10.1 Å². The Bertz CT molecular complexity index is 1320. The lowest BCUT2D eigenvalue weighted by Gasteiger charge is -2.13. The van der Waals surface area contributed by atoms with Crippen molar-refractivity contribution in [2.24, 2.45) is 0 Å². The number of ether oxygens (including phenoxy) is 1. The fraction of sp³-hybridized carbons (Fsp3) is 0.458. The standard InChI is InChI=1S/C24H29FN4O4S/c1-15(2)33-11-6-10-26-24(30)19-13-21(18-7-4-5-8-20(18)25)27-23-22(19)16(3)28-29(23)17-9-12-34(31,32)14-17/h4-5,7-8,13,15,17H,6,9-12,14H2,1-3H3,(H,26,30). The summed E-state index contributed by atoms with van der Waals surface area (Å²) < 4.78 is 45.9. The minimum absolute atomic E-state index is 0.0355. The maximum absolute atomic E-state index is 14.6. The van der Waals surface area contributed by atoms with Crippen molar-refractivity contribution in [1.29, 1.82) is 0 Å². The van der Waals surface area contributed by atoms with Gasteiger partial charge in [0.05, 0.1) is 46.0 Å². The minimum Gasteiger partial charge on any atom is -0.379 e. The summed E-state index contributed by atoms with van der Waals surface area (Å²) in [6, 6.07) is 7.41. The van der Waals surface area contributed by atoms with Crippen LogP contribution < -0.4 is 5.32 Å². The molecule has 1 aliphatic heterocycles. The molecule has 1 saturated heterocycles. The van der Waals surface area contributed by atoms with Crippen LogP contribution in [0.1, 0.15) is 48.8 Å². The van der Waals surface area contributed by atoms with Gasteiger partial charge in [-0.2, -0.15) is 5.10 Å². The molecule has 1 unspecified atom stereocenters. The molecule has 0 radical (unpaired) electrons. The first kappa shape index (κ1) is 24.3. The van der Waals surface area contributed by atoms with E-state index in [1.807, 2.05) is 13.8 Å². The molecule has 1 atom stereocenters. The maximum atomic E-state index is 14.6. The van der Waals surface area contributed by atoms with E-state index < -0.39 is 15.7 Å². The van der Waals surface area contributed by atoms with Gasteiger partial charge in [0, 0.05) is 18.7 Å². The highest BCUT2D eigenvalue weighted by Crippen LogP contribution is 2.32. The first-order chi connectivity index (χ1) is 16.2. The average molecular weight is 489 g/mol. The smallest absolute Gasteiger partial charge is 0.252 e. The summed E-state index contributed by atoms with van der Waals surface area (Å²) in [5, 5.41) is 8.01. The molecule has 182 valence electrons. The van der Waals surface area contributed by atoms with Gasteiger partial charge in [-0.1, -0.05) is 12.1 Å². The third-order valence-corrected chi connectivity index (χ3v) is 7.59. The number of amides is 1. The number of aromatic nitrogens is 3. The molecule has 0 saturated carbocycles. The number of hydrogen-bond donors (Lipinski definition) is 1. The highest BCUT2D eigenvalue weighted by atomic mass is 32.2. The molecule has 1 aliphatic rings. The van der Waals surface area contributed by atoms with E-state index >= 15 is 0 Å². The van der Waals surface area contributed by atoms with E-state index in [9.17, 15) is 17.6 Å². The lowest BCUT2D eigenvalue weighted by Crippen LogP contribution is -2.26. The van der Waals surface area contributed by atoms with E-state index in [-0.39, 0.29) is 35.1 Å². The molecule has 4 rings (SSSR count). The highest BCUT2D eigenvalue weighted by molar-refractivity contribution is 7.91. The van der Waals surface area contributed by atoms with Gasteiger partial charge in [-0.3, -0.25) is 4.79 Å². The van der Waals surface area contributed by atoms with Gasteiger partial charge in [0.1, 0.15) is 5.82 Å². The van der Waals surface area contributed by atoms with Crippen molar-refractivity contribution in [3.05, 3.63) is 47.4 Å². The lowest BCUT2D eigenvalue weighted by atomic mass is 10.0. The summed E-state index contributed by atoms with van der Waals surface area (Å²) >= 11 is 0. The molecule has 3 aromatic rings. The highest BCUT2D eigenvalue weighted by Gasteiger charge is 2.32. The molecule has 0 spiro atoms. The monoisotopic (exact) mass is 488 g/mol. The van der Waals surface area contributed by atoms with Crippen molar-refractivity contribution in [1.82, 2.24) is 20.1 Å². The number of fused-ring (bicyclic) bond motifs is 1. The fourth-order valence-electron chi connectivity index (χ4n) is 4.21. The molecule has 3 heterocycles. The fourth-order valence-corrected chi connectivity index (χ4v) is 5.90. The maximum Gasteiger partial charge on any atom is 0.252 e. The summed E-state index contributed by atoms with van der Waals surface area (Å²) in [6.45, 7) is 6.61. The van der Waals surface area contributed by atoms with Crippen LogP contribution in [0.5, 0.6) is 0 Å². The molecule has 1 fully saturated rings. The zero-order valence-electron chi connectivity index (χ0n) is 19.5. The average Bonchev–Trinajstić information content (AvgIpc) is 3.31. The Balaban J connectivity index is 1.76. The molecule has 1 aromatic carbocycles. The molecule has 2 aromatic heterocycles. The SMILES string of the molecule is Cc1nn(C2CCS(=O)(=O)C2)c2nc(-c3ccccc3F)cc(C(=O)NCCCOC(C)C)c12. The van der Waals surface area contributed by atoms with Crippen LogP contribution in [0.15, 0.2) is 30.3 Å². The Morgan fingerprint density at radius 2 is 2.09 bits per heavy atom. The number of benzene rings is 1. The van der Waals surface area contributed by atoms with E-state index in [1.165, 1.54) is 6.07 Å². The van der Waals surface area contributed by atoms with Crippen molar-refractivity contribution >= 4 is 26.8 Å². The summed E-state index contributed by atoms with van der Waals surface area (Å²) in [7, 11) is -3.16. The Hall–Kier alpha value is -2.85.